The third-order valence-corrected chi connectivity index (χ3v) is 2.86. The molecule has 0 amide bonds. The molecule has 0 aliphatic carbocycles. The molecule has 0 radical (unpaired) electrons. The number of esters is 1. The van der Waals surface area contributed by atoms with Crippen molar-refractivity contribution in [1.82, 2.24) is 0 Å². The summed E-state index contributed by atoms with van der Waals surface area (Å²) in [6, 6.07) is 0. The molecule has 0 aromatic rings. The van der Waals surface area contributed by atoms with Crippen molar-refractivity contribution in [3.05, 3.63) is 0 Å². The molecule has 0 fully saturated rings. The molecule has 10 heavy (non-hydrogen) atoms. The van der Waals surface area contributed by atoms with Gasteiger partial charge in [-0.1, -0.05) is 0 Å². The molecule has 0 aromatic heterocycles. The summed E-state index contributed by atoms with van der Waals surface area (Å²) in [6.45, 7) is 8.83. The van der Waals surface area contributed by atoms with Gasteiger partial charge in [0.25, 0.3) is 0 Å². The molecule has 0 aliphatic heterocycles. The van der Waals surface area contributed by atoms with E-state index >= 15 is 0 Å². The van der Waals surface area contributed by atoms with Gasteiger partial charge in [0.1, 0.15) is 0 Å². The van der Waals surface area contributed by atoms with Gasteiger partial charge in [0.2, 0.25) is 0 Å². The average Bonchev–Trinajstić information content (AvgIpc) is 1.59. The minimum absolute atomic E-state index is 0.168. The van der Waals surface area contributed by atoms with E-state index in [-0.39, 0.29) is 5.97 Å². The average molecular weight is 164 g/mol. The van der Waals surface area contributed by atoms with Crippen molar-refractivity contribution in [3.8, 4) is 0 Å². The summed E-state index contributed by atoms with van der Waals surface area (Å²) in [5.74, 6) is -0.168. The molecule has 0 bridgehead atoms. The van der Waals surface area contributed by atoms with Crippen LogP contribution in [0.25, 0.3) is 0 Å². The maximum atomic E-state index is 10.3. The fourth-order valence-electron chi connectivity index (χ4n) is 0.501. The Kier molecular flexibility index (Phi) is 3.88. The Labute approximate surface area is 63.3 Å². The molecule has 0 saturated heterocycles. The molecule has 0 spiro atoms. The zero-order valence-corrected chi connectivity index (χ0v) is 8.23. The van der Waals surface area contributed by atoms with Crippen LogP contribution in [0.2, 0.25) is 0 Å². The number of hydrogen-bond donors (Lipinski definition) is 0. The standard InChI is InChI=1S/C7H17O2P/c1-7(8)9-5-6-10(2,3)4/h10H,5-6H2,1-4H3. The first-order valence-corrected chi connectivity index (χ1v) is 7.26. The summed E-state index contributed by atoms with van der Waals surface area (Å²) in [7, 11) is -1.00. The van der Waals surface area contributed by atoms with Crippen molar-refractivity contribution in [2.75, 3.05) is 32.8 Å². The quantitative estimate of drug-likeness (QED) is 0.462. The third-order valence-electron chi connectivity index (χ3n) is 1.16. The van der Waals surface area contributed by atoms with Gasteiger partial charge in [-0.05, 0) is 0 Å². The normalized spacial score (nSPS) is 12.8. The Morgan fingerprint density at radius 1 is 1.40 bits per heavy atom. The number of ether oxygens (including phenoxy) is 1. The van der Waals surface area contributed by atoms with Crippen LogP contribution < -0.4 is 0 Å². The molecule has 3 heteroatoms. The fourth-order valence-corrected chi connectivity index (χ4v) is 1.22. The Hall–Kier alpha value is -0.100. The van der Waals surface area contributed by atoms with Crippen molar-refractivity contribution in [2.24, 2.45) is 0 Å². The second kappa shape index (κ2) is 3.92. The predicted octanol–water partition coefficient (Wildman–Crippen LogP) is 1.19. The Bertz CT molecular complexity index is 115. The summed E-state index contributed by atoms with van der Waals surface area (Å²) in [5, 5.41) is 0. The van der Waals surface area contributed by atoms with Gasteiger partial charge >= 0.3 is 62.5 Å². The number of carbonyl (C=O) groups is 1. The van der Waals surface area contributed by atoms with Crippen molar-refractivity contribution >= 4 is 13.2 Å². The van der Waals surface area contributed by atoms with Gasteiger partial charge in [-0.25, -0.2) is 0 Å². The van der Waals surface area contributed by atoms with Crippen LogP contribution in [0.3, 0.4) is 0 Å². The zero-order chi connectivity index (χ0) is 8.20. The van der Waals surface area contributed by atoms with E-state index in [4.69, 9.17) is 4.74 Å². The van der Waals surface area contributed by atoms with Crippen LogP contribution >= 0.6 is 7.26 Å². The van der Waals surface area contributed by atoms with Crippen LogP contribution in [0.15, 0.2) is 0 Å². The van der Waals surface area contributed by atoms with Gasteiger partial charge < -0.3 is 0 Å². The molecule has 0 saturated carbocycles. The molecule has 62 valence electrons. The second-order valence-electron chi connectivity index (χ2n) is 3.65. The minimum atomic E-state index is -1.00. The van der Waals surface area contributed by atoms with E-state index in [1.165, 1.54) is 6.92 Å². The molecule has 0 rings (SSSR count). The van der Waals surface area contributed by atoms with Gasteiger partial charge in [-0.3, -0.25) is 0 Å². The topological polar surface area (TPSA) is 26.3 Å². The number of rotatable bonds is 3. The maximum absolute atomic E-state index is 10.3. The van der Waals surface area contributed by atoms with Crippen LogP contribution in [0, 0.1) is 0 Å². The van der Waals surface area contributed by atoms with Crippen LogP contribution in [0.4, 0.5) is 0 Å². The summed E-state index contributed by atoms with van der Waals surface area (Å²) in [5.41, 5.74) is 0. The summed E-state index contributed by atoms with van der Waals surface area (Å²) in [6.07, 6.45) is 1.06. The van der Waals surface area contributed by atoms with Crippen LogP contribution in [-0.2, 0) is 9.53 Å². The SMILES string of the molecule is CC(=O)OCC[PH](C)(C)C. The number of hydrogen-bond acceptors (Lipinski definition) is 2. The molecule has 0 unspecified atom stereocenters. The van der Waals surface area contributed by atoms with E-state index in [9.17, 15) is 4.79 Å². The summed E-state index contributed by atoms with van der Waals surface area (Å²) < 4.78 is 4.81. The van der Waals surface area contributed by atoms with Crippen molar-refractivity contribution in [3.63, 3.8) is 0 Å². The van der Waals surface area contributed by atoms with Crippen molar-refractivity contribution < 1.29 is 9.53 Å². The molecular formula is C7H17O2P. The van der Waals surface area contributed by atoms with E-state index in [0.717, 1.165) is 6.16 Å². The summed E-state index contributed by atoms with van der Waals surface area (Å²) >= 11 is 0. The van der Waals surface area contributed by atoms with Crippen LogP contribution in [-0.4, -0.2) is 38.7 Å². The number of carbonyl (C=O) groups excluding carboxylic acids is 1. The second-order valence-corrected chi connectivity index (χ2v) is 9.27. The monoisotopic (exact) mass is 164 g/mol. The summed E-state index contributed by atoms with van der Waals surface area (Å²) in [4.78, 5) is 10.3. The molecule has 0 atom stereocenters. The van der Waals surface area contributed by atoms with Gasteiger partial charge in [0.05, 0.1) is 0 Å². The van der Waals surface area contributed by atoms with Crippen molar-refractivity contribution in [2.45, 2.75) is 6.92 Å². The van der Waals surface area contributed by atoms with Gasteiger partial charge in [0.15, 0.2) is 0 Å². The van der Waals surface area contributed by atoms with E-state index < -0.39 is 7.26 Å². The predicted molar refractivity (Wildman–Crippen MR) is 47.6 cm³/mol. The van der Waals surface area contributed by atoms with E-state index in [0.29, 0.717) is 6.61 Å². The zero-order valence-electron chi connectivity index (χ0n) is 7.23. The molecule has 2 nitrogen and oxygen atoms in total. The molecule has 0 aliphatic rings. The molecule has 0 heterocycles. The van der Waals surface area contributed by atoms with Crippen LogP contribution in [0.5, 0.6) is 0 Å². The van der Waals surface area contributed by atoms with Gasteiger partial charge in [-0.15, -0.1) is 0 Å². The Morgan fingerprint density at radius 2 is 1.90 bits per heavy atom. The first-order valence-electron chi connectivity index (χ1n) is 3.55. The Balaban J connectivity index is 3.29. The Morgan fingerprint density at radius 3 is 2.20 bits per heavy atom. The van der Waals surface area contributed by atoms with E-state index in [2.05, 4.69) is 20.0 Å². The fraction of sp³-hybridized carbons (Fsp3) is 0.857. The molecular weight excluding hydrogens is 147 g/mol. The van der Waals surface area contributed by atoms with E-state index in [1.807, 2.05) is 0 Å². The van der Waals surface area contributed by atoms with E-state index in [1.54, 1.807) is 0 Å². The molecule has 0 N–H and O–H groups in total. The van der Waals surface area contributed by atoms with Gasteiger partial charge in [-0.2, -0.15) is 0 Å². The first kappa shape index (κ1) is 9.90. The first-order chi connectivity index (χ1) is 4.42. The van der Waals surface area contributed by atoms with Crippen LogP contribution in [0.1, 0.15) is 6.92 Å². The molecule has 0 aromatic carbocycles. The van der Waals surface area contributed by atoms with Gasteiger partial charge in [0, 0.05) is 0 Å². The van der Waals surface area contributed by atoms with Crippen molar-refractivity contribution in [1.29, 1.82) is 0 Å². The third kappa shape index (κ3) is 7.90.